The Morgan fingerprint density at radius 3 is 2.87 bits per heavy atom. The summed E-state index contributed by atoms with van der Waals surface area (Å²) in [6, 6.07) is 9.82. The molecule has 3 rings (SSSR count). The minimum Gasteiger partial charge on any atom is -0.496 e. The molecule has 0 amide bonds. The molecule has 4 heteroatoms. The van der Waals surface area contributed by atoms with Crippen LogP contribution in [-0.4, -0.2) is 15.5 Å². The van der Waals surface area contributed by atoms with Gasteiger partial charge in [0, 0.05) is 11.8 Å². The average molecular weight is 328 g/mol. The summed E-state index contributed by atoms with van der Waals surface area (Å²) in [6.45, 7) is 0. The van der Waals surface area contributed by atoms with Gasteiger partial charge in [-0.15, -0.1) is 12.3 Å². The summed E-state index contributed by atoms with van der Waals surface area (Å²) in [7, 11) is -1.49. The zero-order valence-electron chi connectivity index (χ0n) is 13.2. The highest BCUT2D eigenvalue weighted by atomic mass is 32.2. The van der Waals surface area contributed by atoms with E-state index < -0.39 is 15.1 Å². The molecule has 0 aliphatic carbocycles. The van der Waals surface area contributed by atoms with Crippen molar-refractivity contribution in [3.63, 3.8) is 0 Å². The van der Waals surface area contributed by atoms with Gasteiger partial charge in [-0.05, 0) is 47.6 Å². The van der Waals surface area contributed by atoms with Crippen LogP contribution in [0.5, 0.6) is 5.75 Å². The van der Waals surface area contributed by atoms with E-state index in [1.807, 2.05) is 30.3 Å². The molecule has 1 atom stereocenters. The van der Waals surface area contributed by atoms with Crippen molar-refractivity contribution >= 4 is 20.6 Å². The van der Waals surface area contributed by atoms with Gasteiger partial charge in [0.15, 0.2) is 9.84 Å². The molecule has 23 heavy (non-hydrogen) atoms. The van der Waals surface area contributed by atoms with Crippen molar-refractivity contribution in [2.75, 3.05) is 7.11 Å². The second kappa shape index (κ2) is 6.25. The molecule has 1 aliphatic rings. The van der Waals surface area contributed by atoms with Crippen molar-refractivity contribution in [3.8, 4) is 18.1 Å². The molecule has 0 radical (unpaired) electrons. The van der Waals surface area contributed by atoms with Crippen molar-refractivity contribution < 1.29 is 13.2 Å². The third-order valence-electron chi connectivity index (χ3n) is 4.49. The van der Waals surface area contributed by atoms with Gasteiger partial charge in [0.1, 0.15) is 5.75 Å². The average Bonchev–Trinajstić information content (AvgIpc) is 2.78. The monoisotopic (exact) mass is 328 g/mol. The number of benzene rings is 2. The van der Waals surface area contributed by atoms with Crippen LogP contribution in [-0.2, 0) is 15.6 Å². The number of unbranched alkanes of at least 4 members (excludes halogenated alkanes) is 2. The van der Waals surface area contributed by atoms with Crippen molar-refractivity contribution in [2.45, 2.75) is 36.7 Å². The second-order valence-corrected chi connectivity index (χ2v) is 8.16. The van der Waals surface area contributed by atoms with Crippen molar-refractivity contribution in [2.24, 2.45) is 0 Å². The Morgan fingerprint density at radius 2 is 2.13 bits per heavy atom. The Hall–Kier alpha value is -1.99. The molecular weight excluding hydrogens is 308 g/mol. The standard InChI is InChI=1S/C19H20O3S/c1-3-4-5-6-10-19-17-11-14-8-7-9-18(22-2)16(14)12-15(17)13-23(19,20)21/h1,7-9,11-12,19H,4-6,10,13H2,2H3. The highest BCUT2D eigenvalue weighted by molar-refractivity contribution is 7.91. The summed E-state index contributed by atoms with van der Waals surface area (Å²) in [4.78, 5) is 0. The van der Waals surface area contributed by atoms with Crippen LogP contribution in [0.1, 0.15) is 42.1 Å². The zero-order chi connectivity index (χ0) is 16.4. The zero-order valence-corrected chi connectivity index (χ0v) is 14.0. The van der Waals surface area contributed by atoms with Gasteiger partial charge in [-0.3, -0.25) is 0 Å². The van der Waals surface area contributed by atoms with Gasteiger partial charge in [0.25, 0.3) is 0 Å². The highest BCUT2D eigenvalue weighted by Gasteiger charge is 2.36. The Labute approximate surface area is 137 Å². The third-order valence-corrected chi connectivity index (χ3v) is 6.56. The lowest BCUT2D eigenvalue weighted by Gasteiger charge is -2.12. The number of hydrogen-bond acceptors (Lipinski definition) is 3. The molecule has 0 aromatic heterocycles. The minimum absolute atomic E-state index is 0.121. The highest BCUT2D eigenvalue weighted by Crippen LogP contribution is 2.42. The first-order valence-corrected chi connectivity index (χ1v) is 9.53. The largest absolute Gasteiger partial charge is 0.496 e. The van der Waals surface area contributed by atoms with Gasteiger partial charge in [-0.2, -0.15) is 0 Å². The number of sulfone groups is 1. The molecule has 0 saturated carbocycles. The van der Waals surface area contributed by atoms with E-state index in [-0.39, 0.29) is 5.75 Å². The van der Waals surface area contributed by atoms with Crippen LogP contribution in [0.25, 0.3) is 10.8 Å². The van der Waals surface area contributed by atoms with Gasteiger partial charge in [-0.25, -0.2) is 8.42 Å². The fourth-order valence-electron chi connectivity index (χ4n) is 3.36. The van der Waals surface area contributed by atoms with Crippen molar-refractivity contribution in [3.05, 3.63) is 41.5 Å². The van der Waals surface area contributed by atoms with Crippen LogP contribution in [0.2, 0.25) is 0 Å². The Balaban J connectivity index is 2.00. The maximum Gasteiger partial charge on any atom is 0.161 e. The first-order valence-electron chi connectivity index (χ1n) is 7.81. The number of methoxy groups -OCH3 is 1. The van der Waals surface area contributed by atoms with Crippen LogP contribution in [0.3, 0.4) is 0 Å². The molecule has 0 saturated heterocycles. The number of rotatable bonds is 5. The molecule has 2 aromatic rings. The SMILES string of the molecule is C#CCCCCC1c2cc3cccc(OC)c3cc2CS1(=O)=O. The molecule has 1 heterocycles. The molecule has 0 spiro atoms. The van der Waals surface area contributed by atoms with Crippen molar-refractivity contribution in [1.29, 1.82) is 0 Å². The summed E-state index contributed by atoms with van der Waals surface area (Å²) in [5.74, 6) is 3.51. The van der Waals surface area contributed by atoms with E-state index in [2.05, 4.69) is 5.92 Å². The molecule has 2 aromatic carbocycles. The summed E-state index contributed by atoms with van der Waals surface area (Å²) < 4.78 is 30.5. The van der Waals surface area contributed by atoms with Gasteiger partial charge >= 0.3 is 0 Å². The van der Waals surface area contributed by atoms with Crippen LogP contribution in [0.4, 0.5) is 0 Å². The molecular formula is C19H20O3S. The molecule has 0 fully saturated rings. The Morgan fingerprint density at radius 1 is 1.30 bits per heavy atom. The van der Waals surface area contributed by atoms with E-state index in [1.165, 1.54) is 0 Å². The molecule has 1 aliphatic heterocycles. The second-order valence-electron chi connectivity index (χ2n) is 5.98. The van der Waals surface area contributed by atoms with Gasteiger partial charge in [0.05, 0.1) is 18.1 Å². The van der Waals surface area contributed by atoms with E-state index >= 15 is 0 Å². The predicted octanol–water partition coefficient (Wildman–Crippen LogP) is 4.01. The van der Waals surface area contributed by atoms with E-state index in [4.69, 9.17) is 11.2 Å². The van der Waals surface area contributed by atoms with Gasteiger partial charge in [-0.1, -0.05) is 18.6 Å². The number of ether oxygens (including phenoxy) is 1. The smallest absolute Gasteiger partial charge is 0.161 e. The quantitative estimate of drug-likeness (QED) is 0.615. The van der Waals surface area contributed by atoms with Crippen LogP contribution >= 0.6 is 0 Å². The Bertz CT molecular complexity index is 875. The fourth-order valence-corrected chi connectivity index (χ4v) is 5.38. The number of hydrogen-bond donors (Lipinski definition) is 0. The maximum absolute atomic E-state index is 12.5. The molecule has 3 nitrogen and oxygen atoms in total. The number of fused-ring (bicyclic) bond motifs is 2. The lowest BCUT2D eigenvalue weighted by Crippen LogP contribution is -2.07. The summed E-state index contributed by atoms with van der Waals surface area (Å²) in [5.41, 5.74) is 1.86. The topological polar surface area (TPSA) is 43.4 Å². The lowest BCUT2D eigenvalue weighted by molar-refractivity contribution is 0.420. The molecule has 0 bridgehead atoms. The van der Waals surface area contributed by atoms with E-state index in [9.17, 15) is 8.42 Å². The molecule has 1 unspecified atom stereocenters. The van der Waals surface area contributed by atoms with Crippen molar-refractivity contribution in [1.82, 2.24) is 0 Å². The molecule has 0 N–H and O–H groups in total. The van der Waals surface area contributed by atoms with Crippen LogP contribution in [0.15, 0.2) is 30.3 Å². The predicted molar refractivity (Wildman–Crippen MR) is 93.2 cm³/mol. The summed E-state index contributed by atoms with van der Waals surface area (Å²) in [6.07, 6.45) is 8.32. The lowest BCUT2D eigenvalue weighted by atomic mass is 9.97. The summed E-state index contributed by atoms with van der Waals surface area (Å²) in [5, 5.41) is 1.59. The van der Waals surface area contributed by atoms with E-state index in [0.717, 1.165) is 40.5 Å². The maximum atomic E-state index is 12.5. The van der Waals surface area contributed by atoms with Crippen LogP contribution in [0, 0.1) is 12.3 Å². The van der Waals surface area contributed by atoms with Gasteiger partial charge < -0.3 is 4.74 Å². The molecule has 120 valence electrons. The van der Waals surface area contributed by atoms with E-state index in [0.29, 0.717) is 12.8 Å². The summed E-state index contributed by atoms with van der Waals surface area (Å²) >= 11 is 0. The number of terminal acetylenes is 1. The Kier molecular flexibility index (Phi) is 4.32. The van der Waals surface area contributed by atoms with E-state index in [1.54, 1.807) is 7.11 Å². The minimum atomic E-state index is -3.12. The first kappa shape index (κ1) is 15.9. The fraction of sp³-hybridized carbons (Fsp3) is 0.368. The van der Waals surface area contributed by atoms with Crippen LogP contribution < -0.4 is 4.74 Å². The normalized spacial score (nSPS) is 18.5. The van der Waals surface area contributed by atoms with Gasteiger partial charge in [0.2, 0.25) is 0 Å². The third kappa shape index (κ3) is 2.94. The first-order chi connectivity index (χ1) is 11.1.